The lowest BCUT2D eigenvalue weighted by Crippen LogP contribution is -2.36. The second-order valence-corrected chi connectivity index (χ2v) is 4.79. The summed E-state index contributed by atoms with van der Waals surface area (Å²) >= 11 is 1.56. The maximum atomic E-state index is 12.1. The zero-order valence-electron chi connectivity index (χ0n) is 11.3. The zero-order valence-corrected chi connectivity index (χ0v) is 12.1. The second kappa shape index (κ2) is 8.66. The maximum Gasteiger partial charge on any atom is 0.307 e. The third-order valence-corrected chi connectivity index (χ3v) is 3.40. The Morgan fingerprint density at radius 1 is 1.32 bits per heavy atom. The minimum atomic E-state index is -0.314. The fraction of sp³-hybridized carbons (Fsp3) is 0.538. The van der Waals surface area contributed by atoms with E-state index in [-0.39, 0.29) is 18.3 Å². The Kier molecular flexibility index (Phi) is 7.14. The molecule has 0 fully saturated rings. The summed E-state index contributed by atoms with van der Waals surface area (Å²) in [5.74, 6) is -0.315. The van der Waals surface area contributed by atoms with E-state index in [0.29, 0.717) is 26.1 Å². The van der Waals surface area contributed by atoms with E-state index in [0.717, 1.165) is 5.56 Å². The largest absolute Gasteiger partial charge is 0.469 e. The lowest BCUT2D eigenvalue weighted by molar-refractivity contribution is -0.141. The minimum absolute atomic E-state index is 0.000599. The lowest BCUT2D eigenvalue weighted by Gasteiger charge is -2.21. The summed E-state index contributed by atoms with van der Waals surface area (Å²) in [4.78, 5) is 24.9. The number of esters is 1. The molecule has 0 N–H and O–H groups in total. The first kappa shape index (κ1) is 15.7. The summed E-state index contributed by atoms with van der Waals surface area (Å²) < 4.78 is 9.57. The van der Waals surface area contributed by atoms with Crippen LogP contribution in [0, 0.1) is 0 Å². The Balaban J connectivity index is 2.51. The number of thiophene rings is 1. The summed E-state index contributed by atoms with van der Waals surface area (Å²) in [5.41, 5.74) is 0.996. The molecule has 0 saturated heterocycles. The van der Waals surface area contributed by atoms with Gasteiger partial charge in [0, 0.05) is 20.2 Å². The number of amides is 1. The van der Waals surface area contributed by atoms with Crippen LogP contribution < -0.4 is 0 Å². The Hall–Kier alpha value is -1.40. The zero-order chi connectivity index (χ0) is 14.1. The van der Waals surface area contributed by atoms with Crippen molar-refractivity contribution in [3.63, 3.8) is 0 Å². The summed E-state index contributed by atoms with van der Waals surface area (Å²) in [7, 11) is 2.93. The number of carbonyl (C=O) groups excluding carboxylic acids is 2. The van der Waals surface area contributed by atoms with Gasteiger partial charge < -0.3 is 14.4 Å². The van der Waals surface area contributed by atoms with E-state index in [4.69, 9.17) is 4.74 Å². The average molecular weight is 285 g/mol. The van der Waals surface area contributed by atoms with Crippen LogP contribution in [-0.4, -0.2) is 50.7 Å². The number of rotatable bonds is 8. The van der Waals surface area contributed by atoms with Crippen LogP contribution in [0.2, 0.25) is 0 Å². The van der Waals surface area contributed by atoms with E-state index in [9.17, 15) is 9.59 Å². The van der Waals surface area contributed by atoms with Gasteiger partial charge in [0.1, 0.15) is 0 Å². The Morgan fingerprint density at radius 3 is 2.68 bits per heavy atom. The Labute approximate surface area is 117 Å². The third kappa shape index (κ3) is 5.85. The Bertz CT molecular complexity index is 391. The number of hydrogen-bond donors (Lipinski definition) is 0. The predicted molar refractivity (Wildman–Crippen MR) is 73.1 cm³/mol. The van der Waals surface area contributed by atoms with Crippen molar-refractivity contribution in [2.75, 3.05) is 33.9 Å². The van der Waals surface area contributed by atoms with E-state index in [1.165, 1.54) is 7.11 Å². The molecule has 5 nitrogen and oxygen atoms in total. The van der Waals surface area contributed by atoms with E-state index in [1.807, 2.05) is 16.8 Å². The first-order chi connectivity index (χ1) is 9.17. The number of hydrogen-bond acceptors (Lipinski definition) is 5. The van der Waals surface area contributed by atoms with Crippen molar-refractivity contribution in [2.24, 2.45) is 0 Å². The van der Waals surface area contributed by atoms with Crippen LogP contribution in [0.5, 0.6) is 0 Å². The van der Waals surface area contributed by atoms with Crippen LogP contribution in [0.3, 0.4) is 0 Å². The quantitative estimate of drug-likeness (QED) is 0.676. The van der Waals surface area contributed by atoms with Crippen molar-refractivity contribution >= 4 is 23.2 Å². The van der Waals surface area contributed by atoms with Crippen molar-refractivity contribution in [3.8, 4) is 0 Å². The van der Waals surface area contributed by atoms with Crippen molar-refractivity contribution in [2.45, 2.75) is 12.8 Å². The van der Waals surface area contributed by atoms with E-state index < -0.39 is 0 Å². The highest BCUT2D eigenvalue weighted by Gasteiger charge is 2.15. The molecule has 0 aliphatic carbocycles. The molecule has 0 aliphatic heterocycles. The van der Waals surface area contributed by atoms with Gasteiger partial charge in [0.25, 0.3) is 0 Å². The van der Waals surface area contributed by atoms with Gasteiger partial charge in [0.2, 0.25) is 5.91 Å². The molecule has 106 valence electrons. The van der Waals surface area contributed by atoms with E-state index in [1.54, 1.807) is 23.3 Å². The predicted octanol–water partition coefficient (Wildman–Crippen LogP) is 1.33. The molecule has 1 heterocycles. The molecule has 1 aromatic rings. The van der Waals surface area contributed by atoms with Crippen molar-refractivity contribution in [3.05, 3.63) is 22.4 Å². The Morgan fingerprint density at radius 2 is 2.11 bits per heavy atom. The van der Waals surface area contributed by atoms with Gasteiger partial charge in [-0.15, -0.1) is 0 Å². The molecule has 0 saturated carbocycles. The second-order valence-electron chi connectivity index (χ2n) is 4.01. The molecule has 6 heteroatoms. The summed E-state index contributed by atoms with van der Waals surface area (Å²) in [6, 6.07) is 1.93. The minimum Gasteiger partial charge on any atom is -0.469 e. The van der Waals surface area contributed by atoms with Gasteiger partial charge in [0.05, 0.1) is 26.6 Å². The first-order valence-corrected chi connectivity index (χ1v) is 6.96. The number of ether oxygens (including phenoxy) is 2. The molecule has 0 radical (unpaired) electrons. The van der Waals surface area contributed by atoms with Crippen LogP contribution in [0.25, 0.3) is 0 Å². The maximum absolute atomic E-state index is 12.1. The van der Waals surface area contributed by atoms with Crippen molar-refractivity contribution in [1.82, 2.24) is 4.90 Å². The van der Waals surface area contributed by atoms with Crippen molar-refractivity contribution < 1.29 is 19.1 Å². The van der Waals surface area contributed by atoms with Gasteiger partial charge >= 0.3 is 5.97 Å². The molecule has 1 rings (SSSR count). The number of carbonyl (C=O) groups is 2. The van der Waals surface area contributed by atoms with Gasteiger partial charge in [-0.3, -0.25) is 9.59 Å². The standard InChI is InChI=1S/C13H19NO4S/c1-17-7-6-14(5-3-13(16)18-2)12(15)9-11-4-8-19-10-11/h4,8,10H,3,5-7,9H2,1-2H3. The van der Waals surface area contributed by atoms with Crippen molar-refractivity contribution in [1.29, 1.82) is 0 Å². The monoisotopic (exact) mass is 285 g/mol. The van der Waals surface area contributed by atoms with Crippen LogP contribution in [0.15, 0.2) is 16.8 Å². The summed E-state index contributed by atoms with van der Waals surface area (Å²) in [5, 5.41) is 3.89. The SMILES string of the molecule is COCCN(CCC(=O)OC)C(=O)Cc1ccsc1. The van der Waals surface area contributed by atoms with E-state index >= 15 is 0 Å². The van der Waals surface area contributed by atoms with Gasteiger partial charge in [0.15, 0.2) is 0 Å². The molecule has 0 aliphatic rings. The first-order valence-electron chi connectivity index (χ1n) is 6.02. The molecule has 0 spiro atoms. The van der Waals surface area contributed by atoms with Crippen LogP contribution in [0.1, 0.15) is 12.0 Å². The van der Waals surface area contributed by atoms with Gasteiger partial charge in [-0.2, -0.15) is 11.3 Å². The molecule has 0 aromatic carbocycles. The number of nitrogens with zero attached hydrogens (tertiary/aromatic N) is 1. The highest BCUT2D eigenvalue weighted by atomic mass is 32.1. The summed E-state index contributed by atoms with van der Waals surface area (Å²) in [6.45, 7) is 1.30. The topological polar surface area (TPSA) is 55.8 Å². The molecule has 0 bridgehead atoms. The van der Waals surface area contributed by atoms with Gasteiger partial charge in [-0.25, -0.2) is 0 Å². The smallest absolute Gasteiger partial charge is 0.307 e. The lowest BCUT2D eigenvalue weighted by atomic mass is 10.2. The summed E-state index contributed by atoms with van der Waals surface area (Å²) in [6.07, 6.45) is 0.560. The van der Waals surface area contributed by atoms with E-state index in [2.05, 4.69) is 4.74 Å². The molecule has 1 amide bonds. The van der Waals surface area contributed by atoms with Crippen LogP contribution >= 0.6 is 11.3 Å². The molecule has 19 heavy (non-hydrogen) atoms. The van der Waals surface area contributed by atoms with Gasteiger partial charge in [-0.1, -0.05) is 0 Å². The normalized spacial score (nSPS) is 10.2. The highest BCUT2D eigenvalue weighted by Crippen LogP contribution is 2.08. The fourth-order valence-corrected chi connectivity index (χ4v) is 2.24. The average Bonchev–Trinajstić information content (AvgIpc) is 2.91. The third-order valence-electron chi connectivity index (χ3n) is 2.67. The highest BCUT2D eigenvalue weighted by molar-refractivity contribution is 7.07. The molecule has 1 aromatic heterocycles. The van der Waals surface area contributed by atoms with Gasteiger partial charge in [-0.05, 0) is 22.4 Å². The van der Waals surface area contributed by atoms with Crippen LogP contribution in [-0.2, 0) is 25.5 Å². The molecular weight excluding hydrogens is 266 g/mol. The number of methoxy groups -OCH3 is 2. The fourth-order valence-electron chi connectivity index (χ4n) is 1.57. The van der Waals surface area contributed by atoms with Crippen LogP contribution in [0.4, 0.5) is 0 Å². The molecule has 0 atom stereocenters. The molecular formula is C13H19NO4S. The molecule has 0 unspecified atom stereocenters.